The topological polar surface area (TPSA) is 105 Å². The lowest BCUT2D eigenvalue weighted by Crippen LogP contribution is -2.43. The van der Waals surface area contributed by atoms with E-state index >= 15 is 0 Å². The van der Waals surface area contributed by atoms with Crippen molar-refractivity contribution < 1.29 is 28.6 Å². The fourth-order valence-electron chi connectivity index (χ4n) is 4.65. The van der Waals surface area contributed by atoms with Crippen molar-refractivity contribution in [2.45, 2.75) is 71.9 Å². The van der Waals surface area contributed by atoms with E-state index in [1.807, 2.05) is 54.6 Å². The predicted octanol–water partition coefficient (Wildman–Crippen LogP) is 8.93. The number of nitrogens with zero attached hydrogens (tertiary/aromatic N) is 3. The summed E-state index contributed by atoms with van der Waals surface area (Å²) >= 11 is 0. The van der Waals surface area contributed by atoms with Crippen molar-refractivity contribution in [1.82, 2.24) is 14.3 Å². The predicted molar refractivity (Wildman–Crippen MR) is 174 cm³/mol. The molecular formula is C34H39N3O6Si. The number of rotatable bonds is 6. The number of fused-ring (bicyclic) bond motifs is 2. The minimum atomic E-state index is -2.14. The molecule has 0 aliphatic carbocycles. The number of carboxylic acid groups (broad SMARTS) is 1. The van der Waals surface area contributed by atoms with Crippen molar-refractivity contribution >= 4 is 42.3 Å². The molecule has 0 unspecified atom stereocenters. The Hall–Kier alpha value is -4.57. The first-order valence-corrected chi connectivity index (χ1v) is 17.5. The van der Waals surface area contributed by atoms with Crippen molar-refractivity contribution in [2.75, 3.05) is 0 Å². The van der Waals surface area contributed by atoms with Crippen LogP contribution in [0.15, 0.2) is 72.8 Å². The third-order valence-corrected chi connectivity index (χ3v) is 12.2. The molecule has 3 aromatic carbocycles. The highest BCUT2D eigenvalue weighted by molar-refractivity contribution is 6.74. The van der Waals surface area contributed by atoms with Crippen LogP contribution in [0.2, 0.25) is 18.1 Å². The van der Waals surface area contributed by atoms with Crippen LogP contribution in [-0.2, 0) is 11.3 Å². The summed E-state index contributed by atoms with van der Waals surface area (Å²) in [5.74, 6) is 1.24. The van der Waals surface area contributed by atoms with Crippen LogP contribution in [-0.4, -0.2) is 45.6 Å². The highest BCUT2D eigenvalue weighted by atomic mass is 28.4. The molecule has 0 aliphatic heterocycles. The quantitative estimate of drug-likeness (QED) is 0.191. The van der Waals surface area contributed by atoms with Crippen molar-refractivity contribution in [2.24, 2.45) is 0 Å². The first kappa shape index (κ1) is 30.9. The summed E-state index contributed by atoms with van der Waals surface area (Å²) in [6.45, 7) is 16.6. The van der Waals surface area contributed by atoms with E-state index in [0.717, 1.165) is 15.6 Å². The van der Waals surface area contributed by atoms with Gasteiger partial charge < -0.3 is 19.0 Å². The zero-order chi connectivity index (χ0) is 32.0. The van der Waals surface area contributed by atoms with E-state index < -0.39 is 26.1 Å². The number of aromatic nitrogens is 3. The number of ether oxygens (including phenoxy) is 2. The van der Waals surface area contributed by atoms with Crippen molar-refractivity contribution in [3.63, 3.8) is 0 Å². The number of hydrogen-bond acceptors (Lipinski definition) is 6. The molecule has 1 N–H and O–H groups in total. The number of hydrogen-bond donors (Lipinski definition) is 1. The van der Waals surface area contributed by atoms with Gasteiger partial charge in [-0.15, -0.1) is 0 Å². The summed E-state index contributed by atoms with van der Waals surface area (Å²) in [5, 5.41) is 15.7. The lowest BCUT2D eigenvalue weighted by Gasteiger charge is -2.36. The molecule has 0 saturated heterocycles. The van der Waals surface area contributed by atoms with Gasteiger partial charge in [-0.05, 0) is 86.9 Å². The van der Waals surface area contributed by atoms with Gasteiger partial charge in [0.1, 0.15) is 29.4 Å². The first-order valence-electron chi connectivity index (χ1n) is 14.6. The lowest BCUT2D eigenvalue weighted by atomic mass is 10.1. The van der Waals surface area contributed by atoms with Gasteiger partial charge in [0.05, 0.1) is 16.7 Å². The Bertz CT molecular complexity index is 1860. The van der Waals surface area contributed by atoms with Crippen molar-refractivity contribution in [1.29, 1.82) is 0 Å². The molecule has 2 aromatic heterocycles. The lowest BCUT2D eigenvalue weighted by molar-refractivity contribution is 0.0547. The Morgan fingerprint density at radius 2 is 1.52 bits per heavy atom. The van der Waals surface area contributed by atoms with E-state index in [-0.39, 0.29) is 5.04 Å². The zero-order valence-electron chi connectivity index (χ0n) is 26.5. The summed E-state index contributed by atoms with van der Waals surface area (Å²) in [5.41, 5.74) is 1.88. The summed E-state index contributed by atoms with van der Waals surface area (Å²) < 4.78 is 20.8. The molecule has 5 aromatic rings. The minimum absolute atomic E-state index is 0.00155. The Kier molecular flexibility index (Phi) is 7.84. The van der Waals surface area contributed by atoms with Crippen LogP contribution in [0, 0.1) is 0 Å². The summed E-state index contributed by atoms with van der Waals surface area (Å²) in [4.78, 5) is 26.0. The molecular weight excluding hydrogens is 574 g/mol. The Morgan fingerprint density at radius 1 is 0.864 bits per heavy atom. The van der Waals surface area contributed by atoms with Gasteiger partial charge in [0.2, 0.25) is 8.32 Å². The third-order valence-electron chi connectivity index (χ3n) is 7.85. The van der Waals surface area contributed by atoms with Gasteiger partial charge in [0.15, 0.2) is 0 Å². The van der Waals surface area contributed by atoms with E-state index in [0.29, 0.717) is 45.9 Å². The molecule has 0 fully saturated rings. The van der Waals surface area contributed by atoms with E-state index in [4.69, 9.17) is 13.9 Å². The molecule has 0 bridgehead atoms. The van der Waals surface area contributed by atoms with E-state index in [1.165, 1.54) is 4.57 Å². The van der Waals surface area contributed by atoms with Gasteiger partial charge in [-0.1, -0.05) is 51.1 Å². The zero-order valence-corrected chi connectivity index (χ0v) is 27.5. The van der Waals surface area contributed by atoms with Gasteiger partial charge in [0.25, 0.3) is 0 Å². The van der Waals surface area contributed by atoms with E-state index in [1.54, 1.807) is 39.0 Å². The maximum atomic E-state index is 13.7. The number of carbonyl (C=O) groups excluding carboxylic acids is 1. The van der Waals surface area contributed by atoms with Gasteiger partial charge in [-0.25, -0.2) is 14.2 Å². The Morgan fingerprint density at radius 3 is 2.16 bits per heavy atom. The average molecular weight is 614 g/mol. The highest BCUT2D eigenvalue weighted by Gasteiger charge is 2.39. The van der Waals surface area contributed by atoms with Crippen LogP contribution in [0.1, 0.15) is 47.1 Å². The molecule has 0 spiro atoms. The Labute approximate surface area is 258 Å². The van der Waals surface area contributed by atoms with Crippen LogP contribution in [0.25, 0.3) is 33.2 Å². The molecule has 0 atom stereocenters. The molecule has 44 heavy (non-hydrogen) atoms. The normalized spacial score (nSPS) is 12.5. The van der Waals surface area contributed by atoms with Crippen LogP contribution >= 0.6 is 0 Å². The summed E-state index contributed by atoms with van der Waals surface area (Å²) in [6, 6.07) is 22.3. The third kappa shape index (κ3) is 6.21. The largest absolute Gasteiger partial charge is 0.543 e. The molecule has 0 radical (unpaired) electrons. The highest BCUT2D eigenvalue weighted by Crippen LogP contribution is 2.40. The second-order valence-electron chi connectivity index (χ2n) is 13.4. The van der Waals surface area contributed by atoms with Crippen LogP contribution in [0.5, 0.6) is 11.5 Å². The summed E-state index contributed by atoms with van der Waals surface area (Å²) in [6.07, 6.45) is -1.85. The van der Waals surface area contributed by atoms with Crippen molar-refractivity contribution in [3.8, 4) is 22.9 Å². The van der Waals surface area contributed by atoms with Gasteiger partial charge in [0, 0.05) is 10.8 Å². The molecule has 0 aliphatic rings. The van der Waals surface area contributed by atoms with Crippen LogP contribution < -0.4 is 9.16 Å². The van der Waals surface area contributed by atoms with Gasteiger partial charge in [-0.3, -0.25) is 0 Å². The number of carbonyl (C=O) groups is 2. The standard InChI is InChI=1S/C34H39N3O6Si/c1-33(2,3)42-32(40)36-27-16-15-25(43-44(7,8)34(4,5)6)18-23(27)19-29(36)30-26-20-24(41-21-22-12-10-9-11-13-22)14-17-28(26)37(35-30)31(38)39/h9-20H,21H2,1-8H3,(H,38,39). The molecule has 0 amide bonds. The molecule has 5 rings (SSSR count). The van der Waals surface area contributed by atoms with Crippen LogP contribution in [0.4, 0.5) is 9.59 Å². The average Bonchev–Trinajstić information content (AvgIpc) is 3.49. The molecule has 0 saturated carbocycles. The van der Waals surface area contributed by atoms with E-state index in [9.17, 15) is 14.7 Å². The molecule has 9 nitrogen and oxygen atoms in total. The van der Waals surface area contributed by atoms with Crippen LogP contribution in [0.3, 0.4) is 0 Å². The second-order valence-corrected chi connectivity index (χ2v) is 18.1. The molecule has 10 heteroatoms. The fraction of sp³-hybridized carbons (Fsp3) is 0.324. The van der Waals surface area contributed by atoms with Crippen molar-refractivity contribution in [3.05, 3.63) is 78.4 Å². The summed E-state index contributed by atoms with van der Waals surface area (Å²) in [7, 11) is -2.14. The Balaban J connectivity index is 1.67. The monoisotopic (exact) mass is 613 g/mol. The van der Waals surface area contributed by atoms with E-state index in [2.05, 4.69) is 39.0 Å². The maximum absolute atomic E-state index is 13.7. The molecule has 230 valence electrons. The SMILES string of the molecule is CC(C)(C)OC(=O)n1c(-c2nn(C(=O)O)c3ccc(OCc4ccccc4)cc23)cc2cc(O[Si](C)(C)C(C)(C)C)ccc21. The van der Waals surface area contributed by atoms with Gasteiger partial charge >= 0.3 is 12.2 Å². The number of benzene rings is 3. The first-order chi connectivity index (χ1) is 20.5. The fourth-order valence-corrected chi connectivity index (χ4v) is 5.67. The molecule has 2 heterocycles. The smallest absolute Gasteiger partial charge is 0.432 e. The second kappa shape index (κ2) is 11.2. The van der Waals surface area contributed by atoms with Gasteiger partial charge in [-0.2, -0.15) is 9.78 Å². The maximum Gasteiger partial charge on any atom is 0.432 e. The minimum Gasteiger partial charge on any atom is -0.543 e.